The lowest BCUT2D eigenvalue weighted by Gasteiger charge is -2.11. The van der Waals surface area contributed by atoms with Crippen molar-refractivity contribution in [3.05, 3.63) is 46.9 Å². The number of carbonyl (C=O) groups excluding carboxylic acids is 1. The van der Waals surface area contributed by atoms with E-state index in [1.54, 1.807) is 16.8 Å². The molecule has 3 aromatic rings. The van der Waals surface area contributed by atoms with Crippen molar-refractivity contribution >= 4 is 5.91 Å². The van der Waals surface area contributed by atoms with Crippen molar-refractivity contribution < 1.29 is 23.0 Å². The third-order valence-corrected chi connectivity index (χ3v) is 4.48. The summed E-state index contributed by atoms with van der Waals surface area (Å²) in [5.41, 5.74) is 4.09. The van der Waals surface area contributed by atoms with Gasteiger partial charge in [0.05, 0.1) is 18.5 Å². The van der Waals surface area contributed by atoms with Gasteiger partial charge in [0.25, 0.3) is 5.91 Å². The third-order valence-electron chi connectivity index (χ3n) is 4.48. The van der Waals surface area contributed by atoms with Crippen molar-refractivity contribution in [3.63, 3.8) is 0 Å². The van der Waals surface area contributed by atoms with E-state index in [9.17, 15) is 13.6 Å². The molecule has 0 aliphatic rings. The number of aryl methyl sites for hydroxylation is 2. The lowest BCUT2D eigenvalue weighted by Crippen LogP contribution is -2.23. The normalized spacial score (nSPS) is 11.0. The molecule has 0 radical (unpaired) electrons. The highest BCUT2D eigenvalue weighted by atomic mass is 19.3. The van der Waals surface area contributed by atoms with E-state index in [1.165, 1.54) is 19.2 Å². The minimum Gasteiger partial charge on any atom is -0.493 e. The molecule has 2 heterocycles. The first kappa shape index (κ1) is 20.3. The van der Waals surface area contributed by atoms with Gasteiger partial charge in [-0.05, 0) is 37.6 Å². The number of amides is 1. The fourth-order valence-corrected chi connectivity index (χ4v) is 3.01. The van der Waals surface area contributed by atoms with Crippen LogP contribution < -0.4 is 14.8 Å². The predicted molar refractivity (Wildman–Crippen MR) is 101 cm³/mol. The monoisotopic (exact) mass is 405 g/mol. The van der Waals surface area contributed by atoms with Gasteiger partial charge in [0, 0.05) is 24.8 Å². The molecule has 0 unspecified atom stereocenters. The van der Waals surface area contributed by atoms with Gasteiger partial charge in [0.1, 0.15) is 5.69 Å². The van der Waals surface area contributed by atoms with Gasteiger partial charge in [-0.3, -0.25) is 14.6 Å². The Morgan fingerprint density at radius 1 is 1.28 bits per heavy atom. The van der Waals surface area contributed by atoms with Crippen LogP contribution in [0.3, 0.4) is 0 Å². The number of nitrogens with one attached hydrogen (secondary N) is 2. The number of ether oxygens (including phenoxy) is 2. The number of hydrogen-bond acceptors (Lipinski definition) is 5. The second-order valence-corrected chi connectivity index (χ2v) is 6.38. The topological polar surface area (TPSA) is 94.1 Å². The summed E-state index contributed by atoms with van der Waals surface area (Å²) in [6.07, 6.45) is 0. The number of H-pyrrole nitrogens is 1. The average Bonchev–Trinajstić information content (AvgIpc) is 3.24. The van der Waals surface area contributed by atoms with Crippen LogP contribution in [0.25, 0.3) is 11.3 Å². The number of aromatic nitrogens is 4. The Labute approximate surface area is 165 Å². The Balaban J connectivity index is 1.71. The SMILES string of the molecule is COc1ccc(CNC(=O)c2cc(-c3c(C)nn(C)c3C)n[nH]2)cc1OC(F)F. The number of methoxy groups -OCH3 is 1. The van der Waals surface area contributed by atoms with E-state index in [0.29, 0.717) is 11.3 Å². The number of nitrogens with zero attached hydrogens (tertiary/aromatic N) is 3. The van der Waals surface area contributed by atoms with Crippen molar-refractivity contribution in [2.24, 2.45) is 7.05 Å². The van der Waals surface area contributed by atoms with E-state index in [4.69, 9.17) is 4.74 Å². The fraction of sp³-hybridized carbons (Fsp3) is 0.316. The minimum absolute atomic E-state index is 0.0967. The number of carbonyl (C=O) groups is 1. The first-order chi connectivity index (χ1) is 13.8. The molecule has 2 N–H and O–H groups in total. The van der Waals surface area contributed by atoms with Crippen LogP contribution in [0, 0.1) is 13.8 Å². The summed E-state index contributed by atoms with van der Waals surface area (Å²) in [5, 5.41) is 14.0. The van der Waals surface area contributed by atoms with Gasteiger partial charge in [0.15, 0.2) is 11.5 Å². The molecular formula is C19H21F2N5O3. The van der Waals surface area contributed by atoms with Gasteiger partial charge in [-0.15, -0.1) is 0 Å². The van der Waals surface area contributed by atoms with Gasteiger partial charge in [-0.25, -0.2) is 0 Å². The summed E-state index contributed by atoms with van der Waals surface area (Å²) in [5.74, 6) is -0.295. The van der Waals surface area contributed by atoms with Crippen LogP contribution in [0.4, 0.5) is 8.78 Å². The molecule has 0 bridgehead atoms. The minimum atomic E-state index is -2.98. The Bertz CT molecular complexity index is 1030. The molecule has 1 aromatic carbocycles. The van der Waals surface area contributed by atoms with Crippen molar-refractivity contribution in [2.45, 2.75) is 27.0 Å². The Kier molecular flexibility index (Phi) is 5.81. The second-order valence-electron chi connectivity index (χ2n) is 6.38. The van der Waals surface area contributed by atoms with E-state index in [0.717, 1.165) is 17.0 Å². The van der Waals surface area contributed by atoms with Crippen LogP contribution >= 0.6 is 0 Å². The Hall–Kier alpha value is -3.43. The largest absolute Gasteiger partial charge is 0.493 e. The first-order valence-electron chi connectivity index (χ1n) is 8.76. The summed E-state index contributed by atoms with van der Waals surface area (Å²) in [6, 6.07) is 6.19. The summed E-state index contributed by atoms with van der Waals surface area (Å²) in [6.45, 7) is 0.935. The van der Waals surface area contributed by atoms with Gasteiger partial charge < -0.3 is 14.8 Å². The highest BCUT2D eigenvalue weighted by Crippen LogP contribution is 2.29. The average molecular weight is 405 g/mol. The van der Waals surface area contributed by atoms with E-state index >= 15 is 0 Å². The van der Waals surface area contributed by atoms with Crippen molar-refractivity contribution in [1.29, 1.82) is 0 Å². The molecule has 154 valence electrons. The molecule has 2 aromatic heterocycles. The maximum atomic E-state index is 12.5. The molecule has 29 heavy (non-hydrogen) atoms. The van der Waals surface area contributed by atoms with Crippen molar-refractivity contribution in [3.8, 4) is 22.8 Å². The predicted octanol–water partition coefficient (Wildman–Crippen LogP) is 2.97. The summed E-state index contributed by atoms with van der Waals surface area (Å²) < 4.78 is 36.3. The summed E-state index contributed by atoms with van der Waals surface area (Å²) >= 11 is 0. The zero-order chi connectivity index (χ0) is 21.1. The van der Waals surface area contributed by atoms with E-state index in [-0.39, 0.29) is 29.6 Å². The highest BCUT2D eigenvalue weighted by Gasteiger charge is 2.17. The Morgan fingerprint density at radius 3 is 2.66 bits per heavy atom. The van der Waals surface area contributed by atoms with Gasteiger partial charge in [-0.2, -0.15) is 19.0 Å². The summed E-state index contributed by atoms with van der Waals surface area (Å²) in [7, 11) is 3.20. The van der Waals surface area contributed by atoms with Crippen molar-refractivity contribution in [1.82, 2.24) is 25.3 Å². The zero-order valence-electron chi connectivity index (χ0n) is 16.4. The molecule has 8 nitrogen and oxygen atoms in total. The van der Waals surface area contributed by atoms with E-state index < -0.39 is 6.61 Å². The molecule has 10 heteroatoms. The maximum Gasteiger partial charge on any atom is 0.387 e. The first-order valence-corrected chi connectivity index (χ1v) is 8.76. The smallest absolute Gasteiger partial charge is 0.387 e. The lowest BCUT2D eigenvalue weighted by atomic mass is 10.1. The standard InChI is InChI=1S/C19H21F2N5O3/c1-10-17(11(2)26(3)25-10)13-8-14(24-23-13)18(27)22-9-12-5-6-15(28-4)16(7-12)29-19(20)21/h5-8,19H,9H2,1-4H3,(H,22,27)(H,23,24). The third kappa shape index (κ3) is 4.36. The van der Waals surface area contributed by atoms with Crippen LogP contribution in [-0.4, -0.2) is 39.6 Å². The highest BCUT2D eigenvalue weighted by molar-refractivity contribution is 5.93. The van der Waals surface area contributed by atoms with Crippen LogP contribution in [0.5, 0.6) is 11.5 Å². The fourth-order valence-electron chi connectivity index (χ4n) is 3.01. The number of rotatable bonds is 7. The molecular weight excluding hydrogens is 384 g/mol. The maximum absolute atomic E-state index is 12.5. The lowest BCUT2D eigenvalue weighted by molar-refractivity contribution is -0.0512. The summed E-state index contributed by atoms with van der Waals surface area (Å²) in [4.78, 5) is 12.4. The number of aromatic amines is 1. The van der Waals surface area contributed by atoms with E-state index in [2.05, 4.69) is 25.3 Å². The molecule has 0 saturated heterocycles. The molecule has 0 fully saturated rings. The van der Waals surface area contributed by atoms with Gasteiger partial charge >= 0.3 is 6.61 Å². The quantitative estimate of drug-likeness (QED) is 0.630. The van der Waals surface area contributed by atoms with E-state index in [1.807, 2.05) is 20.9 Å². The van der Waals surface area contributed by atoms with Crippen molar-refractivity contribution in [2.75, 3.05) is 7.11 Å². The van der Waals surface area contributed by atoms with Crippen LogP contribution in [-0.2, 0) is 13.6 Å². The molecule has 0 spiro atoms. The number of benzene rings is 1. The second kappa shape index (κ2) is 8.29. The molecule has 3 rings (SSSR count). The Morgan fingerprint density at radius 2 is 2.03 bits per heavy atom. The van der Waals surface area contributed by atoms with Gasteiger partial charge in [-0.1, -0.05) is 6.07 Å². The molecule has 0 saturated carbocycles. The van der Waals surface area contributed by atoms with Crippen LogP contribution in [0.2, 0.25) is 0 Å². The van der Waals surface area contributed by atoms with Crippen LogP contribution in [0.15, 0.2) is 24.3 Å². The molecule has 1 amide bonds. The molecule has 0 aliphatic heterocycles. The number of alkyl halides is 2. The van der Waals surface area contributed by atoms with Gasteiger partial charge in [0.2, 0.25) is 0 Å². The van der Waals surface area contributed by atoms with Crippen LogP contribution in [0.1, 0.15) is 27.4 Å². The molecule has 0 atom stereocenters. The number of hydrogen-bond donors (Lipinski definition) is 2. The number of halogens is 2. The molecule has 0 aliphatic carbocycles. The zero-order valence-corrected chi connectivity index (χ0v) is 16.4.